The quantitative estimate of drug-likeness (QED) is 0.396. The highest BCUT2D eigenvalue weighted by atomic mass is 32.2. The van der Waals surface area contributed by atoms with Gasteiger partial charge in [-0.3, -0.25) is 4.99 Å². The molecule has 0 saturated carbocycles. The van der Waals surface area contributed by atoms with Crippen LogP contribution in [0.5, 0.6) is 0 Å². The van der Waals surface area contributed by atoms with Crippen LogP contribution in [-0.4, -0.2) is 97.1 Å². The Morgan fingerprint density at radius 3 is 2.46 bits per heavy atom. The zero-order chi connectivity index (χ0) is 18.8. The van der Waals surface area contributed by atoms with Gasteiger partial charge in [-0.1, -0.05) is 20.8 Å². The molecule has 0 aromatic carbocycles. The first kappa shape index (κ1) is 21.8. The van der Waals surface area contributed by atoms with Crippen molar-refractivity contribution in [1.82, 2.24) is 20.0 Å². The number of guanidine groups is 1. The molecule has 0 bridgehead atoms. The van der Waals surface area contributed by atoms with Gasteiger partial charge in [0.2, 0.25) is 0 Å². The number of nitrogens with zero attached hydrogens (tertiary/aromatic N) is 4. The van der Waals surface area contributed by atoms with E-state index in [1.165, 1.54) is 57.9 Å². The lowest BCUT2D eigenvalue weighted by molar-refractivity contribution is 0.136. The highest BCUT2D eigenvalue weighted by Gasteiger charge is 2.24. The molecule has 1 unspecified atom stereocenters. The van der Waals surface area contributed by atoms with Crippen molar-refractivity contribution in [3.63, 3.8) is 0 Å². The molecule has 6 heteroatoms. The highest BCUT2D eigenvalue weighted by molar-refractivity contribution is 8.00. The molecule has 0 aromatic rings. The summed E-state index contributed by atoms with van der Waals surface area (Å²) in [6.07, 6.45) is 2.46. The molecule has 2 fully saturated rings. The SMILES string of the molecule is CCNC(=NCCCCN1CCN(CC)CC1)N1CCSC(C(C)C)C1. The molecule has 26 heavy (non-hydrogen) atoms. The summed E-state index contributed by atoms with van der Waals surface area (Å²) in [6, 6.07) is 0. The Hall–Kier alpha value is -0.460. The molecule has 0 spiro atoms. The van der Waals surface area contributed by atoms with Crippen molar-refractivity contribution in [2.45, 2.75) is 45.8 Å². The predicted octanol–water partition coefficient (Wildman–Crippen LogP) is 2.44. The van der Waals surface area contributed by atoms with E-state index >= 15 is 0 Å². The van der Waals surface area contributed by atoms with Crippen molar-refractivity contribution in [3.05, 3.63) is 0 Å². The minimum atomic E-state index is 0.731. The second-order valence-corrected chi connectivity index (χ2v) is 9.17. The maximum absolute atomic E-state index is 4.93. The average Bonchev–Trinajstić information content (AvgIpc) is 2.67. The van der Waals surface area contributed by atoms with E-state index in [0.29, 0.717) is 0 Å². The zero-order valence-electron chi connectivity index (χ0n) is 17.5. The maximum Gasteiger partial charge on any atom is 0.193 e. The van der Waals surface area contributed by atoms with Crippen LogP contribution in [0.25, 0.3) is 0 Å². The van der Waals surface area contributed by atoms with Gasteiger partial charge in [-0.05, 0) is 38.8 Å². The summed E-state index contributed by atoms with van der Waals surface area (Å²) >= 11 is 2.13. The smallest absolute Gasteiger partial charge is 0.193 e. The number of hydrogen-bond donors (Lipinski definition) is 1. The molecule has 0 aromatic heterocycles. The summed E-state index contributed by atoms with van der Waals surface area (Å²) in [7, 11) is 0. The molecule has 2 saturated heterocycles. The number of rotatable bonds is 8. The Labute approximate surface area is 166 Å². The fourth-order valence-corrected chi connectivity index (χ4v) is 4.96. The van der Waals surface area contributed by atoms with Crippen LogP contribution < -0.4 is 5.32 Å². The summed E-state index contributed by atoms with van der Waals surface area (Å²) in [5.74, 6) is 3.09. The molecule has 1 atom stereocenters. The van der Waals surface area contributed by atoms with Crippen LogP contribution in [-0.2, 0) is 0 Å². The third-order valence-corrected chi connectivity index (χ3v) is 7.07. The normalized spacial score (nSPS) is 23.7. The van der Waals surface area contributed by atoms with Crippen LogP contribution in [0, 0.1) is 5.92 Å². The number of thioether (sulfide) groups is 1. The molecule has 2 heterocycles. The number of unbranched alkanes of at least 4 members (excludes halogenated alkanes) is 1. The Kier molecular flexibility index (Phi) is 10.2. The van der Waals surface area contributed by atoms with Crippen LogP contribution >= 0.6 is 11.8 Å². The van der Waals surface area contributed by atoms with Gasteiger partial charge in [-0.25, -0.2) is 0 Å². The summed E-state index contributed by atoms with van der Waals surface area (Å²) in [5.41, 5.74) is 0. The van der Waals surface area contributed by atoms with Gasteiger partial charge >= 0.3 is 0 Å². The van der Waals surface area contributed by atoms with Gasteiger partial charge in [0.1, 0.15) is 0 Å². The second kappa shape index (κ2) is 12.1. The van der Waals surface area contributed by atoms with E-state index in [0.717, 1.165) is 43.3 Å². The summed E-state index contributed by atoms with van der Waals surface area (Å²) < 4.78 is 0. The van der Waals surface area contributed by atoms with Crippen LogP contribution in [0.1, 0.15) is 40.5 Å². The van der Waals surface area contributed by atoms with Gasteiger partial charge < -0.3 is 20.0 Å². The van der Waals surface area contributed by atoms with Gasteiger partial charge in [-0.2, -0.15) is 11.8 Å². The largest absolute Gasteiger partial charge is 0.357 e. The lowest BCUT2D eigenvalue weighted by Gasteiger charge is -2.36. The van der Waals surface area contributed by atoms with Gasteiger partial charge in [0.05, 0.1) is 0 Å². The Bertz CT molecular complexity index is 407. The zero-order valence-corrected chi connectivity index (χ0v) is 18.4. The molecule has 0 radical (unpaired) electrons. The van der Waals surface area contributed by atoms with E-state index < -0.39 is 0 Å². The predicted molar refractivity (Wildman–Crippen MR) is 116 cm³/mol. The lowest BCUT2D eigenvalue weighted by Crippen LogP contribution is -2.49. The molecular weight excluding hydrogens is 342 g/mol. The van der Waals surface area contributed by atoms with E-state index in [2.05, 4.69) is 59.5 Å². The molecule has 2 rings (SSSR count). The van der Waals surface area contributed by atoms with Crippen LogP contribution in [0.2, 0.25) is 0 Å². The minimum Gasteiger partial charge on any atom is -0.357 e. The van der Waals surface area contributed by atoms with Crippen molar-refractivity contribution in [3.8, 4) is 0 Å². The van der Waals surface area contributed by atoms with Crippen LogP contribution in [0.15, 0.2) is 4.99 Å². The Morgan fingerprint density at radius 1 is 1.08 bits per heavy atom. The molecule has 152 valence electrons. The Balaban J connectivity index is 1.70. The van der Waals surface area contributed by atoms with Crippen LogP contribution in [0.4, 0.5) is 0 Å². The summed E-state index contributed by atoms with van der Waals surface area (Å²) in [5, 5.41) is 4.25. The first-order valence-corrected chi connectivity index (χ1v) is 11.8. The minimum absolute atomic E-state index is 0.731. The van der Waals surface area contributed by atoms with E-state index in [4.69, 9.17) is 4.99 Å². The van der Waals surface area contributed by atoms with Crippen molar-refractivity contribution in [2.75, 3.05) is 71.2 Å². The van der Waals surface area contributed by atoms with E-state index in [-0.39, 0.29) is 0 Å². The van der Waals surface area contributed by atoms with E-state index in [1.54, 1.807) is 0 Å². The summed E-state index contributed by atoms with van der Waals surface area (Å²) in [4.78, 5) is 12.6. The van der Waals surface area contributed by atoms with Crippen molar-refractivity contribution < 1.29 is 0 Å². The number of nitrogens with one attached hydrogen (secondary N) is 1. The lowest BCUT2D eigenvalue weighted by atomic mass is 10.1. The number of hydrogen-bond acceptors (Lipinski definition) is 4. The van der Waals surface area contributed by atoms with Gasteiger partial charge in [-0.15, -0.1) is 0 Å². The summed E-state index contributed by atoms with van der Waals surface area (Å²) in [6.45, 7) is 20.7. The molecule has 2 aliphatic rings. The molecule has 1 N–H and O–H groups in total. The van der Waals surface area contributed by atoms with Gasteiger partial charge in [0.25, 0.3) is 0 Å². The monoisotopic (exact) mass is 383 g/mol. The third kappa shape index (κ3) is 7.28. The van der Waals surface area contributed by atoms with Gasteiger partial charge in [0, 0.05) is 63.4 Å². The molecule has 5 nitrogen and oxygen atoms in total. The van der Waals surface area contributed by atoms with Gasteiger partial charge in [0.15, 0.2) is 5.96 Å². The standard InChI is InChI=1S/C20H41N5S/c1-5-21-20(25-15-16-26-19(17-25)18(3)4)22-9-7-8-10-24-13-11-23(6-2)12-14-24/h18-19H,5-17H2,1-4H3,(H,21,22). The second-order valence-electron chi connectivity index (χ2n) is 7.82. The van der Waals surface area contributed by atoms with E-state index in [1.807, 2.05) is 0 Å². The third-order valence-electron chi connectivity index (χ3n) is 5.53. The first-order chi connectivity index (χ1) is 12.6. The topological polar surface area (TPSA) is 34.1 Å². The van der Waals surface area contributed by atoms with Crippen molar-refractivity contribution in [2.24, 2.45) is 10.9 Å². The maximum atomic E-state index is 4.93. The first-order valence-electron chi connectivity index (χ1n) is 10.7. The molecular formula is C20H41N5S. The number of aliphatic imine (C=N–C) groups is 1. The van der Waals surface area contributed by atoms with Crippen LogP contribution in [0.3, 0.4) is 0 Å². The molecule has 0 amide bonds. The number of piperazine rings is 1. The molecule has 2 aliphatic heterocycles. The van der Waals surface area contributed by atoms with E-state index in [9.17, 15) is 0 Å². The number of likely N-dealkylation sites (N-methyl/N-ethyl adjacent to an activating group) is 1. The molecule has 0 aliphatic carbocycles. The van der Waals surface area contributed by atoms with Crippen molar-refractivity contribution >= 4 is 17.7 Å². The average molecular weight is 384 g/mol. The van der Waals surface area contributed by atoms with Crippen molar-refractivity contribution in [1.29, 1.82) is 0 Å². The highest BCUT2D eigenvalue weighted by Crippen LogP contribution is 2.24. The fourth-order valence-electron chi connectivity index (χ4n) is 3.66. The fraction of sp³-hybridized carbons (Fsp3) is 0.950. The Morgan fingerprint density at radius 2 is 1.81 bits per heavy atom.